The summed E-state index contributed by atoms with van der Waals surface area (Å²) in [5, 5.41) is 0.752. The maximum atomic E-state index is 12.9. The molecule has 1 amide bonds. The van der Waals surface area contributed by atoms with E-state index in [0.717, 1.165) is 30.2 Å². The SMILES string of the molecule is CC(N)(C(=O)N1CCN(Cc2ccc(Cl)cc2)CC1)c1ccccc1.Cl.Cl. The minimum Gasteiger partial charge on any atom is -0.338 e. The standard InChI is InChI=1S/C20H24ClN3O.2ClH/c1-20(22,17-5-3-2-4-6-17)19(25)24-13-11-23(12-14-24)15-16-7-9-18(21)10-8-16;;/h2-10H,11-15,22H2,1H3;2*1H. The van der Waals surface area contributed by atoms with Crippen LogP contribution in [0.3, 0.4) is 0 Å². The Morgan fingerprint density at radius 3 is 2.11 bits per heavy atom. The Hall–Kier alpha value is -1.30. The summed E-state index contributed by atoms with van der Waals surface area (Å²) in [6, 6.07) is 17.5. The zero-order valence-electron chi connectivity index (χ0n) is 15.3. The van der Waals surface area contributed by atoms with E-state index < -0.39 is 5.54 Å². The zero-order valence-corrected chi connectivity index (χ0v) is 17.7. The maximum Gasteiger partial charge on any atom is 0.247 e. The molecule has 0 saturated carbocycles. The van der Waals surface area contributed by atoms with Crippen molar-refractivity contribution in [1.82, 2.24) is 9.80 Å². The zero-order chi connectivity index (χ0) is 17.9. The third kappa shape index (κ3) is 5.84. The average molecular weight is 431 g/mol. The van der Waals surface area contributed by atoms with E-state index in [1.54, 1.807) is 6.92 Å². The third-order valence-electron chi connectivity index (χ3n) is 4.80. The quantitative estimate of drug-likeness (QED) is 0.804. The lowest BCUT2D eigenvalue weighted by molar-refractivity contribution is -0.138. The highest BCUT2D eigenvalue weighted by Crippen LogP contribution is 2.21. The van der Waals surface area contributed by atoms with E-state index >= 15 is 0 Å². The molecule has 1 fully saturated rings. The normalized spacial score (nSPS) is 16.6. The van der Waals surface area contributed by atoms with Gasteiger partial charge in [0, 0.05) is 37.7 Å². The second kappa shape index (κ2) is 10.3. The predicted octanol–water partition coefficient (Wildman–Crippen LogP) is 3.70. The Labute approximate surface area is 178 Å². The summed E-state index contributed by atoms with van der Waals surface area (Å²) in [6.07, 6.45) is 0. The molecule has 1 aliphatic heterocycles. The molecule has 4 nitrogen and oxygen atoms in total. The Balaban J connectivity index is 0.00000182. The van der Waals surface area contributed by atoms with Crippen molar-refractivity contribution in [2.24, 2.45) is 5.73 Å². The molecule has 1 saturated heterocycles. The Morgan fingerprint density at radius 2 is 1.56 bits per heavy atom. The molecule has 2 aromatic rings. The topological polar surface area (TPSA) is 49.6 Å². The van der Waals surface area contributed by atoms with Gasteiger partial charge in [-0.15, -0.1) is 24.8 Å². The van der Waals surface area contributed by atoms with Crippen LogP contribution in [0, 0.1) is 0 Å². The first-order chi connectivity index (χ1) is 12.0. The number of rotatable bonds is 4. The molecule has 1 unspecified atom stereocenters. The number of carbonyl (C=O) groups excluding carboxylic acids is 1. The number of benzene rings is 2. The summed E-state index contributed by atoms with van der Waals surface area (Å²) < 4.78 is 0. The summed E-state index contributed by atoms with van der Waals surface area (Å²) in [4.78, 5) is 17.1. The molecule has 0 radical (unpaired) electrons. The lowest BCUT2D eigenvalue weighted by Crippen LogP contribution is -2.56. The van der Waals surface area contributed by atoms with Crippen molar-refractivity contribution < 1.29 is 4.79 Å². The number of carbonyl (C=O) groups is 1. The fourth-order valence-electron chi connectivity index (χ4n) is 3.19. The number of nitrogens with zero attached hydrogens (tertiary/aromatic N) is 2. The summed E-state index contributed by atoms with van der Waals surface area (Å²) in [5.74, 6) is -0.00940. The second-order valence-corrected chi connectivity index (χ2v) is 7.20. The van der Waals surface area contributed by atoms with E-state index in [1.807, 2.05) is 59.5 Å². The highest BCUT2D eigenvalue weighted by atomic mass is 35.5. The summed E-state index contributed by atoms with van der Waals surface area (Å²) >= 11 is 5.93. The maximum absolute atomic E-state index is 12.9. The molecule has 0 bridgehead atoms. The van der Waals surface area contributed by atoms with E-state index in [0.29, 0.717) is 13.1 Å². The number of halogens is 3. The van der Waals surface area contributed by atoms with Gasteiger partial charge in [-0.25, -0.2) is 0 Å². The van der Waals surface area contributed by atoms with Gasteiger partial charge in [0.1, 0.15) is 5.54 Å². The molecule has 0 aromatic heterocycles. The smallest absolute Gasteiger partial charge is 0.247 e. The summed E-state index contributed by atoms with van der Waals surface area (Å²) in [5.41, 5.74) is 7.46. The predicted molar refractivity (Wildman–Crippen MR) is 116 cm³/mol. The molecular weight excluding hydrogens is 405 g/mol. The molecule has 148 valence electrons. The number of nitrogens with two attached hydrogens (primary N) is 1. The molecule has 1 heterocycles. The van der Waals surface area contributed by atoms with Gasteiger partial charge in [0.05, 0.1) is 0 Å². The van der Waals surface area contributed by atoms with Gasteiger partial charge in [-0.3, -0.25) is 9.69 Å². The molecule has 0 spiro atoms. The average Bonchev–Trinajstić information content (AvgIpc) is 2.64. The Morgan fingerprint density at radius 1 is 1.00 bits per heavy atom. The van der Waals surface area contributed by atoms with E-state index in [9.17, 15) is 4.79 Å². The molecule has 0 aliphatic carbocycles. The van der Waals surface area contributed by atoms with Crippen LogP contribution in [-0.4, -0.2) is 41.9 Å². The van der Waals surface area contributed by atoms with Crippen LogP contribution < -0.4 is 5.73 Å². The molecule has 27 heavy (non-hydrogen) atoms. The van der Waals surface area contributed by atoms with Crippen molar-refractivity contribution in [3.63, 3.8) is 0 Å². The van der Waals surface area contributed by atoms with Gasteiger partial charge < -0.3 is 10.6 Å². The number of hydrogen-bond acceptors (Lipinski definition) is 3. The van der Waals surface area contributed by atoms with Crippen LogP contribution >= 0.6 is 36.4 Å². The van der Waals surface area contributed by atoms with Crippen LogP contribution in [0.1, 0.15) is 18.1 Å². The Kier molecular flexibility index (Phi) is 9.06. The minimum absolute atomic E-state index is 0. The first-order valence-corrected chi connectivity index (χ1v) is 8.95. The number of hydrogen-bond donors (Lipinski definition) is 1. The fourth-order valence-corrected chi connectivity index (χ4v) is 3.32. The van der Waals surface area contributed by atoms with Crippen molar-refractivity contribution in [2.75, 3.05) is 26.2 Å². The van der Waals surface area contributed by atoms with Crippen molar-refractivity contribution in [3.05, 3.63) is 70.7 Å². The van der Waals surface area contributed by atoms with Crippen molar-refractivity contribution in [2.45, 2.75) is 19.0 Å². The molecule has 2 N–H and O–H groups in total. The van der Waals surface area contributed by atoms with Crippen LogP contribution in [0.25, 0.3) is 0 Å². The first-order valence-electron chi connectivity index (χ1n) is 8.57. The van der Waals surface area contributed by atoms with Crippen LogP contribution in [0.2, 0.25) is 5.02 Å². The first kappa shape index (κ1) is 23.7. The van der Waals surface area contributed by atoms with Crippen LogP contribution in [0.5, 0.6) is 0 Å². The van der Waals surface area contributed by atoms with Gasteiger partial charge in [-0.1, -0.05) is 54.1 Å². The van der Waals surface area contributed by atoms with Gasteiger partial charge in [-0.2, -0.15) is 0 Å². The second-order valence-electron chi connectivity index (χ2n) is 6.76. The largest absolute Gasteiger partial charge is 0.338 e. The van der Waals surface area contributed by atoms with Crippen LogP contribution in [0.4, 0.5) is 0 Å². The number of piperazine rings is 1. The van der Waals surface area contributed by atoms with Crippen molar-refractivity contribution >= 4 is 42.3 Å². The lowest BCUT2D eigenvalue weighted by Gasteiger charge is -2.38. The highest BCUT2D eigenvalue weighted by Gasteiger charge is 2.35. The Bertz CT molecular complexity index is 715. The van der Waals surface area contributed by atoms with Gasteiger partial charge in [0.15, 0.2) is 0 Å². The molecule has 3 rings (SSSR count). The van der Waals surface area contributed by atoms with E-state index in [4.69, 9.17) is 17.3 Å². The van der Waals surface area contributed by atoms with E-state index in [-0.39, 0.29) is 30.7 Å². The van der Waals surface area contributed by atoms with Gasteiger partial charge in [0.2, 0.25) is 5.91 Å². The minimum atomic E-state index is -0.986. The summed E-state index contributed by atoms with van der Waals surface area (Å²) in [7, 11) is 0. The molecule has 7 heteroatoms. The van der Waals surface area contributed by atoms with Gasteiger partial charge >= 0.3 is 0 Å². The van der Waals surface area contributed by atoms with Gasteiger partial charge in [0.25, 0.3) is 0 Å². The third-order valence-corrected chi connectivity index (χ3v) is 5.05. The molecular formula is C20H26Cl3N3O. The van der Waals surface area contributed by atoms with E-state index in [1.165, 1.54) is 5.56 Å². The fraction of sp³-hybridized carbons (Fsp3) is 0.350. The monoisotopic (exact) mass is 429 g/mol. The lowest BCUT2D eigenvalue weighted by atomic mass is 9.91. The van der Waals surface area contributed by atoms with Crippen LogP contribution in [0.15, 0.2) is 54.6 Å². The molecule has 2 aromatic carbocycles. The summed E-state index contributed by atoms with van der Waals surface area (Å²) in [6.45, 7) is 5.76. The number of amides is 1. The highest BCUT2D eigenvalue weighted by molar-refractivity contribution is 6.30. The van der Waals surface area contributed by atoms with Crippen molar-refractivity contribution in [1.29, 1.82) is 0 Å². The molecule has 1 atom stereocenters. The molecule has 1 aliphatic rings. The van der Waals surface area contributed by atoms with Crippen molar-refractivity contribution in [3.8, 4) is 0 Å². The van der Waals surface area contributed by atoms with E-state index in [2.05, 4.69) is 4.90 Å². The van der Waals surface area contributed by atoms with Gasteiger partial charge in [-0.05, 0) is 30.2 Å². The van der Waals surface area contributed by atoms with Crippen LogP contribution in [-0.2, 0) is 16.9 Å².